The first-order valence-electron chi connectivity index (χ1n) is 13.1. The lowest BCUT2D eigenvalue weighted by Crippen LogP contribution is -2.41. The van der Waals surface area contributed by atoms with E-state index in [0.717, 1.165) is 37.9 Å². The Bertz CT molecular complexity index is 1050. The van der Waals surface area contributed by atoms with Gasteiger partial charge in [-0.05, 0) is 38.2 Å². The van der Waals surface area contributed by atoms with Gasteiger partial charge in [0.25, 0.3) is 11.8 Å². The molecule has 2 aliphatic rings. The highest BCUT2D eigenvalue weighted by molar-refractivity contribution is 5.98. The van der Waals surface area contributed by atoms with Gasteiger partial charge in [0.2, 0.25) is 5.91 Å². The summed E-state index contributed by atoms with van der Waals surface area (Å²) in [7, 11) is 0. The maximum Gasteiger partial charge on any atom is 0.274 e. The Morgan fingerprint density at radius 1 is 1.22 bits per heavy atom. The summed E-state index contributed by atoms with van der Waals surface area (Å²) < 4.78 is 7.21. The van der Waals surface area contributed by atoms with Gasteiger partial charge in [0.05, 0.1) is 6.10 Å². The third kappa shape index (κ3) is 6.32. The van der Waals surface area contributed by atoms with Gasteiger partial charge in [0.1, 0.15) is 5.69 Å². The predicted molar refractivity (Wildman–Crippen MR) is 135 cm³/mol. The van der Waals surface area contributed by atoms with E-state index in [-0.39, 0.29) is 42.0 Å². The van der Waals surface area contributed by atoms with Gasteiger partial charge < -0.3 is 19.9 Å². The molecule has 0 radical (unpaired) electrons. The van der Waals surface area contributed by atoms with Gasteiger partial charge in [-0.25, -0.2) is 0 Å². The molecule has 2 atom stereocenters. The molecule has 0 saturated carbocycles. The minimum atomic E-state index is -0.251. The predicted octanol–water partition coefficient (Wildman–Crippen LogP) is 2.86. The number of fused-ring (bicyclic) bond motifs is 1. The first-order valence-corrected chi connectivity index (χ1v) is 13.1. The third-order valence-electron chi connectivity index (χ3n) is 7.03. The molecular weight excluding hydrogens is 458 g/mol. The average Bonchev–Trinajstić information content (AvgIpc) is 3.54. The molecule has 2 aliphatic heterocycles. The smallest absolute Gasteiger partial charge is 0.274 e. The van der Waals surface area contributed by atoms with Crippen molar-refractivity contribution in [1.29, 1.82) is 0 Å². The van der Waals surface area contributed by atoms with Crippen molar-refractivity contribution in [3.05, 3.63) is 53.3 Å². The van der Waals surface area contributed by atoms with E-state index in [0.29, 0.717) is 38.4 Å². The van der Waals surface area contributed by atoms with E-state index < -0.39 is 0 Å². The summed E-state index contributed by atoms with van der Waals surface area (Å²) in [5.74, 6) is -0.468. The molecule has 9 heteroatoms. The van der Waals surface area contributed by atoms with E-state index in [2.05, 4.69) is 10.4 Å². The van der Waals surface area contributed by atoms with Crippen LogP contribution in [0.15, 0.2) is 36.4 Å². The summed E-state index contributed by atoms with van der Waals surface area (Å²) in [5, 5.41) is 7.44. The molecule has 4 rings (SSSR count). The van der Waals surface area contributed by atoms with Gasteiger partial charge in [-0.15, -0.1) is 0 Å². The molecule has 1 saturated heterocycles. The Hall–Kier alpha value is -3.20. The zero-order valence-corrected chi connectivity index (χ0v) is 21.3. The minimum absolute atomic E-state index is 0.0600. The average molecular weight is 496 g/mol. The van der Waals surface area contributed by atoms with E-state index in [9.17, 15) is 14.4 Å². The topological polar surface area (TPSA) is 96.8 Å². The quantitative estimate of drug-likeness (QED) is 0.547. The Morgan fingerprint density at radius 3 is 2.75 bits per heavy atom. The van der Waals surface area contributed by atoms with E-state index in [1.54, 1.807) is 15.6 Å². The second kappa shape index (κ2) is 12.2. The summed E-state index contributed by atoms with van der Waals surface area (Å²) in [5.41, 5.74) is 1.75. The van der Waals surface area contributed by atoms with Gasteiger partial charge in [-0.3, -0.25) is 19.1 Å². The number of benzene rings is 1. The van der Waals surface area contributed by atoms with Crippen molar-refractivity contribution in [3.8, 4) is 0 Å². The number of rotatable bonds is 10. The number of hydrogen-bond acceptors (Lipinski definition) is 5. The van der Waals surface area contributed by atoms with E-state index in [1.165, 1.54) is 0 Å². The van der Waals surface area contributed by atoms with Crippen molar-refractivity contribution in [2.45, 2.75) is 71.2 Å². The second-order valence-electron chi connectivity index (χ2n) is 9.65. The molecule has 0 bridgehead atoms. The first-order chi connectivity index (χ1) is 17.5. The number of aryl methyl sites for hydroxylation is 1. The first kappa shape index (κ1) is 25.9. The summed E-state index contributed by atoms with van der Waals surface area (Å²) in [4.78, 5) is 42.7. The minimum Gasteiger partial charge on any atom is -0.376 e. The third-order valence-corrected chi connectivity index (χ3v) is 7.03. The van der Waals surface area contributed by atoms with Gasteiger partial charge >= 0.3 is 0 Å². The van der Waals surface area contributed by atoms with Crippen LogP contribution in [0.3, 0.4) is 0 Å². The highest BCUT2D eigenvalue weighted by atomic mass is 16.5. The van der Waals surface area contributed by atoms with Crippen LogP contribution in [0, 0.1) is 0 Å². The Kier molecular flexibility index (Phi) is 8.74. The van der Waals surface area contributed by atoms with Crippen LogP contribution in [-0.4, -0.2) is 75.7 Å². The second-order valence-corrected chi connectivity index (χ2v) is 9.65. The molecule has 9 nitrogen and oxygen atoms in total. The summed E-state index contributed by atoms with van der Waals surface area (Å²) >= 11 is 0. The Balaban J connectivity index is 1.42. The van der Waals surface area contributed by atoms with E-state index in [1.807, 2.05) is 49.1 Å². The summed E-state index contributed by atoms with van der Waals surface area (Å²) in [6.07, 6.45) is 3.80. The van der Waals surface area contributed by atoms with Crippen LogP contribution in [-0.2, 0) is 22.6 Å². The Labute approximate surface area is 212 Å². The van der Waals surface area contributed by atoms with Gasteiger partial charge in [-0.2, -0.15) is 5.10 Å². The number of nitrogens with zero attached hydrogens (tertiary/aromatic N) is 4. The van der Waals surface area contributed by atoms with Crippen molar-refractivity contribution < 1.29 is 19.1 Å². The number of ether oxygens (including phenoxy) is 1. The fourth-order valence-corrected chi connectivity index (χ4v) is 4.73. The molecule has 194 valence electrons. The molecule has 0 spiro atoms. The summed E-state index contributed by atoms with van der Waals surface area (Å²) in [6.45, 7) is 7.26. The Morgan fingerprint density at radius 2 is 2.03 bits per heavy atom. The SMILES string of the molecule is CCC(C)N(CCC(=O)NCC1CCCO1)C(=O)c1cc2n(n1)CCCN(Cc1ccccc1)C2=O. The van der Waals surface area contributed by atoms with Gasteiger partial charge in [-0.1, -0.05) is 37.3 Å². The number of carbonyl (C=O) groups is 3. The lowest BCUT2D eigenvalue weighted by atomic mass is 10.1. The van der Waals surface area contributed by atoms with Gasteiger partial charge in [0, 0.05) is 57.9 Å². The van der Waals surface area contributed by atoms with Crippen molar-refractivity contribution in [2.24, 2.45) is 0 Å². The van der Waals surface area contributed by atoms with Crippen LogP contribution in [0.5, 0.6) is 0 Å². The summed E-state index contributed by atoms with van der Waals surface area (Å²) in [6, 6.07) is 11.4. The van der Waals surface area contributed by atoms with Crippen LogP contribution >= 0.6 is 0 Å². The number of carbonyl (C=O) groups excluding carboxylic acids is 3. The number of amides is 3. The molecule has 0 aliphatic carbocycles. The van der Waals surface area contributed by atoms with Crippen LogP contribution < -0.4 is 5.32 Å². The molecule has 36 heavy (non-hydrogen) atoms. The standard InChI is InChI=1S/C27H37N5O4/c1-3-20(2)31(15-12-25(33)28-18-22-11-7-16-36-22)26(34)23-17-24-27(35)30(13-8-14-32(24)29-23)19-21-9-5-4-6-10-21/h4-6,9-10,17,20,22H,3,7-8,11-16,18-19H2,1-2H3,(H,28,33). The van der Waals surface area contributed by atoms with Crippen molar-refractivity contribution in [2.75, 3.05) is 26.2 Å². The normalized spacial score (nSPS) is 18.4. The van der Waals surface area contributed by atoms with Crippen molar-refractivity contribution >= 4 is 17.7 Å². The molecule has 1 fully saturated rings. The highest BCUT2D eigenvalue weighted by Gasteiger charge is 2.29. The van der Waals surface area contributed by atoms with Crippen LogP contribution in [0.1, 0.15) is 72.5 Å². The zero-order chi connectivity index (χ0) is 25.5. The largest absolute Gasteiger partial charge is 0.376 e. The highest BCUT2D eigenvalue weighted by Crippen LogP contribution is 2.19. The molecule has 3 amide bonds. The van der Waals surface area contributed by atoms with Crippen LogP contribution in [0.2, 0.25) is 0 Å². The maximum absolute atomic E-state index is 13.5. The molecule has 1 aromatic carbocycles. The van der Waals surface area contributed by atoms with E-state index in [4.69, 9.17) is 4.74 Å². The molecular formula is C27H37N5O4. The fourth-order valence-electron chi connectivity index (χ4n) is 4.73. The molecule has 2 aromatic rings. The number of hydrogen-bond donors (Lipinski definition) is 1. The fraction of sp³-hybridized carbons (Fsp3) is 0.556. The van der Waals surface area contributed by atoms with Crippen molar-refractivity contribution in [3.63, 3.8) is 0 Å². The molecule has 2 unspecified atom stereocenters. The monoisotopic (exact) mass is 495 g/mol. The number of aromatic nitrogens is 2. The molecule has 1 N–H and O–H groups in total. The van der Waals surface area contributed by atoms with Crippen molar-refractivity contribution in [1.82, 2.24) is 24.9 Å². The number of nitrogens with one attached hydrogen (secondary N) is 1. The molecule has 3 heterocycles. The van der Waals surface area contributed by atoms with Crippen LogP contribution in [0.25, 0.3) is 0 Å². The molecule has 1 aromatic heterocycles. The van der Waals surface area contributed by atoms with Crippen LogP contribution in [0.4, 0.5) is 0 Å². The van der Waals surface area contributed by atoms with Gasteiger partial charge in [0.15, 0.2) is 5.69 Å². The maximum atomic E-state index is 13.5. The lowest BCUT2D eigenvalue weighted by molar-refractivity contribution is -0.121. The van der Waals surface area contributed by atoms with E-state index >= 15 is 0 Å². The zero-order valence-electron chi connectivity index (χ0n) is 21.3. The lowest BCUT2D eigenvalue weighted by Gasteiger charge is -2.28.